The van der Waals surface area contributed by atoms with Gasteiger partial charge in [-0.15, -0.1) is 0 Å². The molecule has 0 spiro atoms. The number of rotatable bonds is 4. The molecule has 4 heteroatoms. The Morgan fingerprint density at radius 3 is 2.53 bits per heavy atom. The lowest BCUT2D eigenvalue weighted by atomic mass is 10.1. The van der Waals surface area contributed by atoms with Crippen molar-refractivity contribution in [3.8, 4) is 0 Å². The van der Waals surface area contributed by atoms with Gasteiger partial charge >= 0.3 is 0 Å². The van der Waals surface area contributed by atoms with Crippen LogP contribution in [0, 0.1) is 0 Å². The summed E-state index contributed by atoms with van der Waals surface area (Å²) >= 11 is 0. The summed E-state index contributed by atoms with van der Waals surface area (Å²) in [6.45, 7) is -0.155. The van der Waals surface area contributed by atoms with Gasteiger partial charge in [0.1, 0.15) is 0 Å². The average Bonchev–Trinajstić information content (AvgIpc) is 2.45. The van der Waals surface area contributed by atoms with Gasteiger partial charge in [0.05, 0.1) is 12.6 Å². The van der Waals surface area contributed by atoms with Crippen LogP contribution in [0.5, 0.6) is 0 Å². The molecule has 0 saturated heterocycles. The Labute approximate surface area is 111 Å². The van der Waals surface area contributed by atoms with Crippen molar-refractivity contribution in [3.63, 3.8) is 0 Å². The van der Waals surface area contributed by atoms with Crippen molar-refractivity contribution in [1.82, 2.24) is 5.32 Å². The third-order valence-corrected chi connectivity index (χ3v) is 2.84. The highest BCUT2D eigenvalue weighted by molar-refractivity contribution is 5.95. The first-order chi connectivity index (χ1) is 9.20. The van der Waals surface area contributed by atoms with Gasteiger partial charge in [0.25, 0.3) is 5.91 Å². The highest BCUT2D eigenvalue weighted by Crippen LogP contribution is 2.13. The van der Waals surface area contributed by atoms with Gasteiger partial charge in [-0.1, -0.05) is 36.4 Å². The summed E-state index contributed by atoms with van der Waals surface area (Å²) in [5, 5.41) is 12.2. The zero-order valence-corrected chi connectivity index (χ0v) is 10.4. The van der Waals surface area contributed by atoms with Crippen LogP contribution in [0.25, 0.3) is 0 Å². The highest BCUT2D eigenvalue weighted by atomic mass is 16.3. The fraction of sp³-hybridized carbons (Fsp3) is 0.133. The van der Waals surface area contributed by atoms with E-state index in [1.165, 1.54) is 0 Å². The molecule has 4 N–H and O–H groups in total. The predicted molar refractivity (Wildman–Crippen MR) is 74.6 cm³/mol. The molecule has 0 aromatic heterocycles. The van der Waals surface area contributed by atoms with Crippen LogP contribution in [0.1, 0.15) is 22.0 Å². The summed E-state index contributed by atoms with van der Waals surface area (Å²) in [5.74, 6) is -0.254. The number of nitrogen functional groups attached to an aromatic ring is 1. The van der Waals surface area contributed by atoms with E-state index < -0.39 is 6.04 Å². The number of benzene rings is 2. The van der Waals surface area contributed by atoms with Crippen LogP contribution in [0.4, 0.5) is 5.69 Å². The van der Waals surface area contributed by atoms with E-state index in [4.69, 9.17) is 5.73 Å². The molecular weight excluding hydrogens is 240 g/mol. The van der Waals surface area contributed by atoms with Gasteiger partial charge in [0.15, 0.2) is 0 Å². The van der Waals surface area contributed by atoms with Crippen LogP contribution in [0.2, 0.25) is 0 Å². The van der Waals surface area contributed by atoms with E-state index in [9.17, 15) is 9.90 Å². The molecule has 0 aliphatic carbocycles. The topological polar surface area (TPSA) is 75.4 Å². The third-order valence-electron chi connectivity index (χ3n) is 2.84. The molecule has 0 unspecified atom stereocenters. The van der Waals surface area contributed by atoms with E-state index in [2.05, 4.69) is 5.32 Å². The first-order valence-corrected chi connectivity index (χ1v) is 6.03. The van der Waals surface area contributed by atoms with Gasteiger partial charge in [-0.05, 0) is 23.8 Å². The summed E-state index contributed by atoms with van der Waals surface area (Å²) in [6.07, 6.45) is 0. The fourth-order valence-electron chi connectivity index (χ4n) is 1.84. The smallest absolute Gasteiger partial charge is 0.251 e. The number of amides is 1. The molecule has 0 heterocycles. The molecule has 1 amide bonds. The monoisotopic (exact) mass is 256 g/mol. The van der Waals surface area contributed by atoms with Crippen molar-refractivity contribution < 1.29 is 9.90 Å². The molecule has 19 heavy (non-hydrogen) atoms. The van der Waals surface area contributed by atoms with E-state index in [0.29, 0.717) is 11.3 Å². The number of hydrogen-bond acceptors (Lipinski definition) is 3. The second-order valence-electron chi connectivity index (χ2n) is 4.24. The SMILES string of the molecule is Nc1cccc(C(=O)N[C@H](CO)c2ccccc2)c1. The van der Waals surface area contributed by atoms with Gasteiger partial charge in [0, 0.05) is 11.3 Å². The van der Waals surface area contributed by atoms with Crippen LogP contribution in [0.15, 0.2) is 54.6 Å². The minimum absolute atomic E-state index is 0.155. The molecule has 2 rings (SSSR count). The number of nitrogens with two attached hydrogens (primary N) is 1. The normalized spacial score (nSPS) is 11.8. The number of aliphatic hydroxyl groups is 1. The van der Waals surface area contributed by atoms with Crippen LogP contribution in [-0.4, -0.2) is 17.6 Å². The van der Waals surface area contributed by atoms with Crippen molar-refractivity contribution >= 4 is 11.6 Å². The van der Waals surface area contributed by atoms with Gasteiger partial charge in [-0.3, -0.25) is 4.79 Å². The van der Waals surface area contributed by atoms with Crippen molar-refractivity contribution in [2.24, 2.45) is 0 Å². The largest absolute Gasteiger partial charge is 0.399 e. The van der Waals surface area contributed by atoms with Gasteiger partial charge in [-0.25, -0.2) is 0 Å². The lowest BCUT2D eigenvalue weighted by molar-refractivity contribution is 0.0916. The first kappa shape index (κ1) is 13.1. The summed E-state index contributed by atoms with van der Waals surface area (Å²) in [4.78, 5) is 12.1. The summed E-state index contributed by atoms with van der Waals surface area (Å²) in [7, 11) is 0. The minimum atomic E-state index is -0.421. The number of carbonyl (C=O) groups excluding carboxylic acids is 1. The van der Waals surface area contributed by atoms with Crippen molar-refractivity contribution in [1.29, 1.82) is 0 Å². The van der Waals surface area contributed by atoms with E-state index in [1.54, 1.807) is 24.3 Å². The molecule has 2 aromatic carbocycles. The second-order valence-corrected chi connectivity index (χ2v) is 4.24. The number of nitrogens with one attached hydrogen (secondary N) is 1. The molecule has 4 nitrogen and oxygen atoms in total. The van der Waals surface area contributed by atoms with Crippen LogP contribution < -0.4 is 11.1 Å². The maximum absolute atomic E-state index is 12.1. The van der Waals surface area contributed by atoms with E-state index in [1.807, 2.05) is 30.3 Å². The number of carbonyl (C=O) groups is 1. The molecule has 0 aliphatic heterocycles. The zero-order chi connectivity index (χ0) is 13.7. The molecule has 0 radical (unpaired) electrons. The Bertz CT molecular complexity index is 555. The predicted octanol–water partition coefficient (Wildman–Crippen LogP) is 1.73. The Hall–Kier alpha value is -2.33. The fourth-order valence-corrected chi connectivity index (χ4v) is 1.84. The first-order valence-electron chi connectivity index (χ1n) is 6.03. The van der Waals surface area contributed by atoms with Crippen LogP contribution in [-0.2, 0) is 0 Å². The molecule has 0 aliphatic rings. The molecule has 0 fully saturated rings. The van der Waals surface area contributed by atoms with Gasteiger partial charge in [0.2, 0.25) is 0 Å². The number of anilines is 1. The molecule has 1 atom stereocenters. The van der Waals surface area contributed by atoms with E-state index >= 15 is 0 Å². The van der Waals surface area contributed by atoms with E-state index in [-0.39, 0.29) is 12.5 Å². The number of aliphatic hydroxyl groups excluding tert-OH is 1. The van der Waals surface area contributed by atoms with E-state index in [0.717, 1.165) is 5.56 Å². The lowest BCUT2D eigenvalue weighted by Crippen LogP contribution is -2.30. The molecule has 0 saturated carbocycles. The summed E-state index contributed by atoms with van der Waals surface area (Å²) in [5.41, 5.74) is 7.52. The molecular formula is C15H16N2O2. The average molecular weight is 256 g/mol. The highest BCUT2D eigenvalue weighted by Gasteiger charge is 2.14. The lowest BCUT2D eigenvalue weighted by Gasteiger charge is -2.16. The van der Waals surface area contributed by atoms with Crippen LogP contribution >= 0.6 is 0 Å². The molecule has 0 bridgehead atoms. The third kappa shape index (κ3) is 3.33. The summed E-state index contributed by atoms with van der Waals surface area (Å²) < 4.78 is 0. The minimum Gasteiger partial charge on any atom is -0.399 e. The van der Waals surface area contributed by atoms with Crippen molar-refractivity contribution in [2.75, 3.05) is 12.3 Å². The van der Waals surface area contributed by atoms with Crippen LogP contribution in [0.3, 0.4) is 0 Å². The Kier molecular flexibility index (Phi) is 4.15. The number of hydrogen-bond donors (Lipinski definition) is 3. The molecule has 98 valence electrons. The van der Waals surface area contributed by atoms with Gasteiger partial charge < -0.3 is 16.2 Å². The summed E-state index contributed by atoms with van der Waals surface area (Å²) in [6, 6.07) is 15.7. The van der Waals surface area contributed by atoms with Gasteiger partial charge in [-0.2, -0.15) is 0 Å². The standard InChI is InChI=1S/C15H16N2O2/c16-13-8-4-7-12(9-13)15(19)17-14(10-18)11-5-2-1-3-6-11/h1-9,14,18H,10,16H2,(H,17,19)/t14-/m1/s1. The van der Waals surface area contributed by atoms with Crippen molar-refractivity contribution in [3.05, 3.63) is 65.7 Å². The Morgan fingerprint density at radius 1 is 1.16 bits per heavy atom. The Morgan fingerprint density at radius 2 is 1.89 bits per heavy atom. The van der Waals surface area contributed by atoms with Crippen molar-refractivity contribution in [2.45, 2.75) is 6.04 Å². The maximum Gasteiger partial charge on any atom is 0.251 e. The quantitative estimate of drug-likeness (QED) is 0.729. The second kappa shape index (κ2) is 6.02. The Balaban J connectivity index is 2.13. The molecule has 2 aromatic rings. The maximum atomic E-state index is 12.1. The zero-order valence-electron chi connectivity index (χ0n) is 10.4.